The molecule has 1 saturated heterocycles. The Hall–Kier alpha value is -2.14. The number of likely N-dealkylation sites (tertiary alicyclic amines) is 1. The molecule has 1 aromatic carbocycles. The summed E-state index contributed by atoms with van der Waals surface area (Å²) in [5.41, 5.74) is 1.02. The lowest BCUT2D eigenvalue weighted by Gasteiger charge is -2.14. The molecule has 1 aliphatic carbocycles. The van der Waals surface area contributed by atoms with Crippen molar-refractivity contribution in [2.45, 2.75) is 19.3 Å². The molecular formula is C18H19ClN2O3. The fourth-order valence-corrected chi connectivity index (χ4v) is 3.48. The fraction of sp³-hybridized carbons (Fsp3) is 0.389. The third-order valence-corrected chi connectivity index (χ3v) is 4.76. The van der Waals surface area contributed by atoms with E-state index in [1.165, 1.54) is 0 Å². The normalized spacial score (nSPS) is 22.6. The number of carbonyl (C=O) groups excluding carboxylic acids is 3. The Kier molecular flexibility index (Phi) is 5.00. The first-order chi connectivity index (χ1) is 11.6. The Labute approximate surface area is 145 Å². The Morgan fingerprint density at radius 1 is 1.17 bits per heavy atom. The summed E-state index contributed by atoms with van der Waals surface area (Å²) in [4.78, 5) is 37.8. The van der Waals surface area contributed by atoms with Crippen LogP contribution in [-0.4, -0.2) is 35.7 Å². The monoisotopic (exact) mass is 346 g/mol. The number of imide groups is 1. The molecule has 24 heavy (non-hydrogen) atoms. The highest BCUT2D eigenvalue weighted by Gasteiger charge is 2.47. The molecule has 3 amide bonds. The Balaban J connectivity index is 1.50. The maximum absolute atomic E-state index is 12.3. The summed E-state index contributed by atoms with van der Waals surface area (Å²) in [7, 11) is 0. The molecule has 1 fully saturated rings. The van der Waals surface area contributed by atoms with E-state index in [1.54, 1.807) is 6.07 Å². The van der Waals surface area contributed by atoms with E-state index in [0.717, 1.165) is 10.5 Å². The van der Waals surface area contributed by atoms with Crippen LogP contribution in [0.3, 0.4) is 0 Å². The summed E-state index contributed by atoms with van der Waals surface area (Å²) in [6.07, 6.45) is 5.68. The lowest BCUT2D eigenvalue weighted by atomic mass is 9.85. The number of halogens is 1. The maximum Gasteiger partial charge on any atom is 0.240 e. The van der Waals surface area contributed by atoms with Crippen LogP contribution in [0.1, 0.15) is 18.4 Å². The minimum atomic E-state index is -0.315. The van der Waals surface area contributed by atoms with Gasteiger partial charge in [-0.15, -0.1) is 0 Å². The zero-order valence-electron chi connectivity index (χ0n) is 13.2. The van der Waals surface area contributed by atoms with Gasteiger partial charge in [-0.05, 0) is 37.0 Å². The van der Waals surface area contributed by atoms with Crippen LogP contribution in [-0.2, 0) is 20.8 Å². The second-order valence-corrected chi connectivity index (χ2v) is 6.58. The van der Waals surface area contributed by atoms with Crippen molar-refractivity contribution in [1.29, 1.82) is 0 Å². The number of benzene rings is 1. The van der Waals surface area contributed by atoms with Crippen LogP contribution in [0, 0.1) is 11.8 Å². The van der Waals surface area contributed by atoms with Gasteiger partial charge in [0.05, 0.1) is 11.8 Å². The molecule has 2 aliphatic rings. The van der Waals surface area contributed by atoms with Crippen LogP contribution < -0.4 is 5.32 Å². The second kappa shape index (κ2) is 7.18. The summed E-state index contributed by atoms with van der Waals surface area (Å²) >= 11 is 5.92. The van der Waals surface area contributed by atoms with Gasteiger partial charge >= 0.3 is 0 Å². The van der Waals surface area contributed by atoms with Crippen molar-refractivity contribution in [1.82, 2.24) is 10.2 Å². The minimum Gasteiger partial charge on any atom is -0.354 e. The number of fused-ring (bicyclic) bond motifs is 1. The van der Waals surface area contributed by atoms with E-state index in [4.69, 9.17) is 11.6 Å². The number of allylic oxidation sites excluding steroid dienone is 2. The van der Waals surface area contributed by atoms with Gasteiger partial charge in [-0.3, -0.25) is 19.3 Å². The van der Waals surface area contributed by atoms with Gasteiger partial charge in [0.25, 0.3) is 0 Å². The molecule has 1 aliphatic heterocycles. The third kappa shape index (κ3) is 3.51. The van der Waals surface area contributed by atoms with E-state index >= 15 is 0 Å². The number of hydrogen-bond acceptors (Lipinski definition) is 3. The van der Waals surface area contributed by atoms with Gasteiger partial charge in [-0.2, -0.15) is 0 Å². The first-order valence-corrected chi connectivity index (χ1v) is 8.45. The summed E-state index contributed by atoms with van der Waals surface area (Å²) in [6.45, 7) is 0.240. The highest BCUT2D eigenvalue weighted by atomic mass is 35.5. The predicted octanol–water partition coefficient (Wildman–Crippen LogP) is 1.95. The van der Waals surface area contributed by atoms with Crippen molar-refractivity contribution < 1.29 is 14.4 Å². The Morgan fingerprint density at radius 3 is 2.46 bits per heavy atom. The van der Waals surface area contributed by atoms with Gasteiger partial charge in [-0.25, -0.2) is 0 Å². The van der Waals surface area contributed by atoms with Crippen molar-refractivity contribution in [2.24, 2.45) is 11.8 Å². The molecule has 1 aromatic rings. The molecule has 1 N–H and O–H groups in total. The van der Waals surface area contributed by atoms with E-state index in [9.17, 15) is 14.4 Å². The number of rotatable bonds is 5. The average molecular weight is 347 g/mol. The molecule has 5 nitrogen and oxygen atoms in total. The molecule has 126 valence electrons. The van der Waals surface area contributed by atoms with Crippen molar-refractivity contribution in [3.05, 3.63) is 47.0 Å². The molecule has 0 radical (unpaired) electrons. The SMILES string of the molecule is O=C(CN1C(=O)[C@H]2CC=CC[C@H]2C1=O)NCCc1cccc(Cl)c1. The molecule has 0 aromatic heterocycles. The predicted molar refractivity (Wildman–Crippen MR) is 90.2 cm³/mol. The van der Waals surface area contributed by atoms with Gasteiger partial charge in [0.1, 0.15) is 6.54 Å². The van der Waals surface area contributed by atoms with E-state index in [-0.39, 0.29) is 36.1 Å². The summed E-state index contributed by atoms with van der Waals surface area (Å²) in [5.74, 6) is -1.34. The van der Waals surface area contributed by atoms with Crippen LogP contribution in [0.15, 0.2) is 36.4 Å². The molecule has 0 bridgehead atoms. The van der Waals surface area contributed by atoms with Crippen molar-refractivity contribution in [3.63, 3.8) is 0 Å². The largest absolute Gasteiger partial charge is 0.354 e. The molecule has 2 atom stereocenters. The number of amides is 3. The number of nitrogens with zero attached hydrogens (tertiary/aromatic N) is 1. The van der Waals surface area contributed by atoms with E-state index in [0.29, 0.717) is 30.8 Å². The topological polar surface area (TPSA) is 66.5 Å². The van der Waals surface area contributed by atoms with Gasteiger partial charge in [-0.1, -0.05) is 35.9 Å². The standard InChI is InChI=1S/C18H19ClN2O3/c19-13-5-3-4-12(10-13)8-9-20-16(22)11-21-17(23)14-6-1-2-7-15(14)18(21)24/h1-5,10,14-15H,6-9,11H2,(H,20,22)/t14-,15+. The van der Waals surface area contributed by atoms with Gasteiger partial charge in [0.2, 0.25) is 17.7 Å². The fourth-order valence-electron chi connectivity index (χ4n) is 3.26. The molecule has 0 saturated carbocycles. The minimum absolute atomic E-state index is 0.194. The molecule has 1 heterocycles. The summed E-state index contributed by atoms with van der Waals surface area (Å²) in [6, 6.07) is 7.43. The quantitative estimate of drug-likeness (QED) is 0.654. The smallest absolute Gasteiger partial charge is 0.240 e. The highest BCUT2D eigenvalue weighted by molar-refractivity contribution is 6.30. The van der Waals surface area contributed by atoms with E-state index in [2.05, 4.69) is 5.32 Å². The zero-order valence-corrected chi connectivity index (χ0v) is 14.0. The molecule has 6 heteroatoms. The summed E-state index contributed by atoms with van der Waals surface area (Å²) < 4.78 is 0. The van der Waals surface area contributed by atoms with Crippen LogP contribution >= 0.6 is 11.6 Å². The van der Waals surface area contributed by atoms with Crippen molar-refractivity contribution in [2.75, 3.05) is 13.1 Å². The molecule has 3 rings (SSSR count). The molecule has 0 spiro atoms. The first kappa shape index (κ1) is 16.7. The van der Waals surface area contributed by atoms with E-state index < -0.39 is 0 Å². The number of hydrogen-bond donors (Lipinski definition) is 1. The maximum atomic E-state index is 12.3. The lowest BCUT2D eigenvalue weighted by Crippen LogP contribution is -2.41. The lowest BCUT2D eigenvalue weighted by molar-refractivity contribution is -0.143. The number of nitrogens with one attached hydrogen (secondary N) is 1. The third-order valence-electron chi connectivity index (χ3n) is 4.53. The summed E-state index contributed by atoms with van der Waals surface area (Å²) in [5, 5.41) is 3.41. The molecular weight excluding hydrogens is 328 g/mol. The van der Waals surface area contributed by atoms with Gasteiger partial charge in [0, 0.05) is 11.6 Å². The van der Waals surface area contributed by atoms with Crippen LogP contribution in [0.4, 0.5) is 0 Å². The Morgan fingerprint density at radius 2 is 1.83 bits per heavy atom. The van der Waals surface area contributed by atoms with Crippen LogP contribution in [0.5, 0.6) is 0 Å². The van der Waals surface area contributed by atoms with E-state index in [1.807, 2.05) is 30.4 Å². The van der Waals surface area contributed by atoms with Gasteiger partial charge < -0.3 is 5.32 Å². The van der Waals surface area contributed by atoms with Crippen molar-refractivity contribution in [3.8, 4) is 0 Å². The van der Waals surface area contributed by atoms with Gasteiger partial charge in [0.15, 0.2) is 0 Å². The first-order valence-electron chi connectivity index (χ1n) is 8.07. The Bertz CT molecular complexity index is 675. The highest BCUT2D eigenvalue weighted by Crippen LogP contribution is 2.34. The second-order valence-electron chi connectivity index (χ2n) is 6.15. The zero-order chi connectivity index (χ0) is 17.1. The molecule has 0 unspecified atom stereocenters. The van der Waals surface area contributed by atoms with Crippen LogP contribution in [0.25, 0.3) is 0 Å². The van der Waals surface area contributed by atoms with Crippen molar-refractivity contribution >= 4 is 29.3 Å². The average Bonchev–Trinajstić information content (AvgIpc) is 2.80. The van der Waals surface area contributed by atoms with Crippen LogP contribution in [0.2, 0.25) is 5.02 Å². The number of carbonyl (C=O) groups is 3.